The summed E-state index contributed by atoms with van der Waals surface area (Å²) in [6.45, 7) is 3.76. The minimum atomic E-state index is -4.93. The summed E-state index contributed by atoms with van der Waals surface area (Å²) in [4.78, 5) is 20.2. The fraction of sp³-hybridized carbons (Fsp3) is 1.00. The number of rotatable bonds is 7. The first-order chi connectivity index (χ1) is 5.99. The second-order valence-corrected chi connectivity index (χ2v) is 3.24. The SMILES string of the molecule is CCOC(COP(=O)([O-])[O-])OCC.[Na+].[Na+]. The Hall–Kier alpha value is 2.03. The van der Waals surface area contributed by atoms with Crippen molar-refractivity contribution in [1.29, 1.82) is 0 Å². The molecule has 80 valence electrons. The summed E-state index contributed by atoms with van der Waals surface area (Å²) < 4.78 is 23.9. The van der Waals surface area contributed by atoms with E-state index in [2.05, 4.69) is 4.52 Å². The maximum atomic E-state index is 10.1. The molecule has 0 saturated carbocycles. The van der Waals surface area contributed by atoms with Crippen molar-refractivity contribution < 1.29 is 87.5 Å². The number of phosphoric acid groups is 1. The van der Waals surface area contributed by atoms with Crippen LogP contribution >= 0.6 is 7.82 Å². The fourth-order valence-corrected chi connectivity index (χ4v) is 0.973. The molecule has 0 spiro atoms. The molecule has 0 atom stereocenters. The van der Waals surface area contributed by atoms with Gasteiger partial charge in [0.25, 0.3) is 0 Å². The average molecular weight is 258 g/mol. The van der Waals surface area contributed by atoms with Crippen LogP contribution in [0.1, 0.15) is 13.8 Å². The van der Waals surface area contributed by atoms with Crippen molar-refractivity contribution in [2.75, 3.05) is 19.8 Å². The van der Waals surface area contributed by atoms with Crippen molar-refractivity contribution in [3.8, 4) is 0 Å². The fourth-order valence-electron chi connectivity index (χ4n) is 0.668. The van der Waals surface area contributed by atoms with E-state index in [0.717, 1.165) is 0 Å². The van der Waals surface area contributed by atoms with Gasteiger partial charge >= 0.3 is 59.1 Å². The summed E-state index contributed by atoms with van der Waals surface area (Å²) in [7, 11) is -4.93. The van der Waals surface area contributed by atoms with Crippen molar-refractivity contribution >= 4 is 7.82 Å². The zero-order valence-corrected chi connectivity index (χ0v) is 14.5. The van der Waals surface area contributed by atoms with E-state index in [1.54, 1.807) is 13.8 Å². The van der Waals surface area contributed by atoms with Crippen molar-refractivity contribution in [3.05, 3.63) is 0 Å². The molecule has 0 rings (SSSR count). The van der Waals surface area contributed by atoms with E-state index in [1.807, 2.05) is 0 Å². The molecule has 0 aromatic heterocycles. The summed E-state index contributed by atoms with van der Waals surface area (Å²) in [5.74, 6) is 0. The molecule has 0 aliphatic rings. The van der Waals surface area contributed by atoms with Crippen LogP contribution in [0.4, 0.5) is 0 Å². The van der Waals surface area contributed by atoms with E-state index in [4.69, 9.17) is 9.47 Å². The summed E-state index contributed by atoms with van der Waals surface area (Å²) in [5.41, 5.74) is 0. The third-order valence-electron chi connectivity index (χ3n) is 1.07. The Kier molecular flexibility index (Phi) is 18.5. The van der Waals surface area contributed by atoms with Crippen LogP contribution in [-0.4, -0.2) is 26.1 Å². The molecule has 15 heavy (non-hydrogen) atoms. The Morgan fingerprint density at radius 3 is 1.80 bits per heavy atom. The predicted octanol–water partition coefficient (Wildman–Crippen LogP) is -6.76. The van der Waals surface area contributed by atoms with Crippen LogP contribution in [0.15, 0.2) is 0 Å². The standard InChI is InChI=1S/C6H15O6P.2Na/c1-3-10-6(11-4-2)5-12-13(7,8)9;;/h6H,3-5H2,1-2H3,(H2,7,8,9);;/q;2*+1/p-2. The van der Waals surface area contributed by atoms with Crippen molar-refractivity contribution in [1.82, 2.24) is 0 Å². The molecule has 9 heteroatoms. The topological polar surface area (TPSA) is 90.9 Å². The molecule has 6 nitrogen and oxygen atoms in total. The van der Waals surface area contributed by atoms with Gasteiger partial charge in [-0.05, 0) is 13.8 Å². The Morgan fingerprint density at radius 2 is 1.53 bits per heavy atom. The second kappa shape index (κ2) is 12.5. The largest absolute Gasteiger partial charge is 1.00 e. The van der Waals surface area contributed by atoms with Crippen LogP contribution in [-0.2, 0) is 18.6 Å². The Labute approximate surface area is 134 Å². The Balaban J connectivity index is -0.000000720. The number of ether oxygens (including phenoxy) is 2. The van der Waals surface area contributed by atoms with Crippen LogP contribution in [0.2, 0.25) is 0 Å². The van der Waals surface area contributed by atoms with Gasteiger partial charge in [0, 0.05) is 13.2 Å². The molecule has 0 radical (unpaired) electrons. The number of phosphoric ester groups is 1. The van der Waals surface area contributed by atoms with Crippen molar-refractivity contribution in [2.24, 2.45) is 0 Å². The Bertz CT molecular complexity index is 169. The van der Waals surface area contributed by atoms with Gasteiger partial charge in [-0.1, -0.05) is 0 Å². The maximum Gasteiger partial charge on any atom is 1.00 e. The van der Waals surface area contributed by atoms with Gasteiger partial charge in [-0.3, -0.25) is 0 Å². The molecule has 0 aromatic rings. The summed E-state index contributed by atoms with van der Waals surface area (Å²) in [6.07, 6.45) is -0.800. The molecule has 0 heterocycles. The van der Waals surface area contributed by atoms with E-state index >= 15 is 0 Å². The molecule has 0 aliphatic heterocycles. The molecule has 0 N–H and O–H groups in total. The van der Waals surface area contributed by atoms with Crippen LogP contribution in [0.25, 0.3) is 0 Å². The molecule has 0 bridgehead atoms. The third-order valence-corrected chi connectivity index (χ3v) is 1.54. The van der Waals surface area contributed by atoms with Gasteiger partial charge in [0.15, 0.2) is 6.29 Å². The maximum absolute atomic E-state index is 10.1. The Morgan fingerprint density at radius 1 is 1.13 bits per heavy atom. The van der Waals surface area contributed by atoms with E-state index in [0.29, 0.717) is 13.2 Å². The van der Waals surface area contributed by atoms with Gasteiger partial charge in [0.1, 0.15) is 6.61 Å². The second-order valence-electron chi connectivity index (χ2n) is 2.08. The molecular formula is C6H13Na2O6P. The zero-order valence-electron chi connectivity index (χ0n) is 9.60. The van der Waals surface area contributed by atoms with Crippen LogP contribution < -0.4 is 68.9 Å². The number of hydrogen-bond acceptors (Lipinski definition) is 6. The van der Waals surface area contributed by atoms with E-state index in [-0.39, 0.29) is 59.1 Å². The zero-order chi connectivity index (χ0) is 10.3. The van der Waals surface area contributed by atoms with Crippen LogP contribution in [0.3, 0.4) is 0 Å². The van der Waals surface area contributed by atoms with Crippen LogP contribution in [0.5, 0.6) is 0 Å². The normalized spacial score (nSPS) is 10.7. The van der Waals surface area contributed by atoms with Gasteiger partial charge in [0.05, 0.1) is 7.82 Å². The van der Waals surface area contributed by atoms with E-state index in [9.17, 15) is 14.4 Å². The first kappa shape index (κ1) is 22.2. The third kappa shape index (κ3) is 16.0. The molecule has 0 aromatic carbocycles. The summed E-state index contributed by atoms with van der Waals surface area (Å²) >= 11 is 0. The molecule has 0 aliphatic carbocycles. The smallest absolute Gasteiger partial charge is 0.790 e. The average Bonchev–Trinajstić information content (AvgIpc) is 2.00. The van der Waals surface area contributed by atoms with Gasteiger partial charge < -0.3 is 28.3 Å². The molecule has 0 saturated heterocycles. The van der Waals surface area contributed by atoms with E-state index in [1.165, 1.54) is 0 Å². The first-order valence-electron chi connectivity index (χ1n) is 3.89. The first-order valence-corrected chi connectivity index (χ1v) is 5.35. The van der Waals surface area contributed by atoms with E-state index < -0.39 is 20.7 Å². The molecule has 0 fully saturated rings. The minimum absolute atomic E-state index is 0. The monoisotopic (exact) mass is 258 g/mol. The van der Waals surface area contributed by atoms with Crippen LogP contribution in [0, 0.1) is 0 Å². The summed E-state index contributed by atoms with van der Waals surface area (Å²) in [5, 5.41) is 0. The molecular weight excluding hydrogens is 245 g/mol. The molecule has 0 unspecified atom stereocenters. The van der Waals surface area contributed by atoms with Gasteiger partial charge in [-0.25, -0.2) is 0 Å². The predicted molar refractivity (Wildman–Crippen MR) is 40.6 cm³/mol. The number of hydrogen-bond donors (Lipinski definition) is 0. The quantitative estimate of drug-likeness (QED) is 0.256. The van der Waals surface area contributed by atoms with Gasteiger partial charge in [0.2, 0.25) is 0 Å². The minimum Gasteiger partial charge on any atom is -0.790 e. The molecule has 0 amide bonds. The van der Waals surface area contributed by atoms with Crippen molar-refractivity contribution in [2.45, 2.75) is 20.1 Å². The van der Waals surface area contributed by atoms with Crippen molar-refractivity contribution in [3.63, 3.8) is 0 Å². The van der Waals surface area contributed by atoms with Gasteiger partial charge in [-0.2, -0.15) is 0 Å². The van der Waals surface area contributed by atoms with Gasteiger partial charge in [-0.15, -0.1) is 0 Å². The summed E-state index contributed by atoms with van der Waals surface area (Å²) in [6, 6.07) is 0.